The maximum Gasteiger partial charge on any atom is 0.509 e. The van der Waals surface area contributed by atoms with Crippen LogP contribution < -0.4 is 5.32 Å². The van der Waals surface area contributed by atoms with Gasteiger partial charge in [-0.25, -0.2) is 17.6 Å². The first-order chi connectivity index (χ1) is 13.6. The Morgan fingerprint density at radius 3 is 2.28 bits per heavy atom. The van der Waals surface area contributed by atoms with Gasteiger partial charge in [0.1, 0.15) is 13.3 Å². The van der Waals surface area contributed by atoms with Crippen LogP contribution in [0.25, 0.3) is 0 Å². The molecule has 0 aromatic heterocycles. The number of benzene rings is 1. The maximum atomic E-state index is 13.6. The van der Waals surface area contributed by atoms with Crippen LogP contribution >= 0.6 is 23.2 Å². The van der Waals surface area contributed by atoms with Crippen molar-refractivity contribution in [1.82, 2.24) is 5.32 Å². The molecule has 12 heteroatoms. The van der Waals surface area contributed by atoms with Crippen molar-refractivity contribution >= 4 is 45.1 Å². The highest BCUT2D eigenvalue weighted by atomic mass is 35.5. The summed E-state index contributed by atoms with van der Waals surface area (Å²) in [7, 11) is -3.47. The van der Waals surface area contributed by atoms with E-state index in [1.165, 1.54) is 24.3 Å². The molecule has 1 amide bonds. The molecule has 29 heavy (non-hydrogen) atoms. The van der Waals surface area contributed by atoms with E-state index in [1.807, 2.05) is 0 Å². The van der Waals surface area contributed by atoms with Gasteiger partial charge in [-0.15, -0.1) is 0 Å². The van der Waals surface area contributed by atoms with Gasteiger partial charge in [0, 0.05) is 12.9 Å². The number of nitrogens with one attached hydrogen (secondary N) is 1. The predicted molar refractivity (Wildman–Crippen MR) is 105 cm³/mol. The summed E-state index contributed by atoms with van der Waals surface area (Å²) in [6, 6.07) is 3.87. The Balaban J connectivity index is 3.06. The molecule has 0 heterocycles. The van der Waals surface area contributed by atoms with E-state index in [4.69, 9.17) is 37.4 Å². The lowest BCUT2D eigenvalue weighted by Gasteiger charge is -2.26. The quantitative estimate of drug-likeness (QED) is 0.298. The van der Waals surface area contributed by atoms with Gasteiger partial charge in [-0.05, 0) is 24.6 Å². The molecule has 0 radical (unpaired) electrons. The van der Waals surface area contributed by atoms with Gasteiger partial charge in [-0.2, -0.15) is 0 Å². The van der Waals surface area contributed by atoms with E-state index < -0.39 is 45.6 Å². The van der Waals surface area contributed by atoms with E-state index in [9.17, 15) is 22.4 Å². The summed E-state index contributed by atoms with van der Waals surface area (Å²) in [5, 5.41) is 2.24. The van der Waals surface area contributed by atoms with Gasteiger partial charge in [-0.3, -0.25) is 4.79 Å². The van der Waals surface area contributed by atoms with E-state index in [-0.39, 0.29) is 23.7 Å². The minimum absolute atomic E-state index is 0.0155. The van der Waals surface area contributed by atoms with Gasteiger partial charge in [0.2, 0.25) is 0 Å². The summed E-state index contributed by atoms with van der Waals surface area (Å²) in [5.74, 6) is -0.887. The van der Waals surface area contributed by atoms with Crippen LogP contribution in [0.3, 0.4) is 0 Å². The van der Waals surface area contributed by atoms with E-state index in [1.54, 1.807) is 6.92 Å². The molecule has 0 saturated heterocycles. The lowest BCUT2D eigenvalue weighted by atomic mass is 10.0. The average molecular weight is 474 g/mol. The normalized spacial score (nSPS) is 13.6. The van der Waals surface area contributed by atoms with Crippen molar-refractivity contribution in [1.29, 1.82) is 0 Å². The Bertz CT molecular complexity index is 774. The Morgan fingerprint density at radius 1 is 1.17 bits per heavy atom. The number of rotatable bonds is 11. The minimum atomic E-state index is -3.47. The lowest BCUT2D eigenvalue weighted by Crippen LogP contribution is -2.44. The summed E-state index contributed by atoms with van der Waals surface area (Å²) in [6.45, 7) is 1.12. The topological polar surface area (TPSA) is 108 Å². The third-order valence-electron chi connectivity index (χ3n) is 3.57. The second kappa shape index (κ2) is 12.2. The van der Waals surface area contributed by atoms with Crippen molar-refractivity contribution in [3.63, 3.8) is 0 Å². The number of alkyl halides is 3. The zero-order valence-electron chi connectivity index (χ0n) is 15.8. The molecule has 1 aromatic rings. The van der Waals surface area contributed by atoms with Crippen molar-refractivity contribution in [2.24, 2.45) is 0 Å². The molecule has 0 bridgehead atoms. The first-order valence-electron chi connectivity index (χ1n) is 8.45. The zero-order valence-corrected chi connectivity index (χ0v) is 18.1. The molecule has 2 atom stereocenters. The summed E-state index contributed by atoms with van der Waals surface area (Å²) in [5.41, 5.74) is 0.225. The van der Waals surface area contributed by atoms with Crippen LogP contribution in [-0.4, -0.2) is 64.1 Å². The number of halogens is 3. The van der Waals surface area contributed by atoms with Gasteiger partial charge in [0.25, 0.3) is 5.91 Å². The van der Waals surface area contributed by atoms with Crippen LogP contribution in [0.4, 0.5) is 9.18 Å². The van der Waals surface area contributed by atoms with Crippen LogP contribution in [0.1, 0.15) is 18.6 Å². The molecule has 164 valence electrons. The fraction of sp³-hybridized carbons (Fsp3) is 0.529. The zero-order chi connectivity index (χ0) is 22.0. The minimum Gasteiger partial charge on any atom is -0.432 e. The van der Waals surface area contributed by atoms with Gasteiger partial charge in [-0.1, -0.05) is 35.3 Å². The molecule has 0 fully saturated rings. The van der Waals surface area contributed by atoms with Gasteiger partial charge < -0.3 is 19.5 Å². The van der Waals surface area contributed by atoms with E-state index in [0.29, 0.717) is 6.61 Å². The first-order valence-corrected chi connectivity index (χ1v) is 11.2. The molecule has 0 aliphatic carbocycles. The molecule has 0 spiro atoms. The highest BCUT2D eigenvalue weighted by molar-refractivity contribution is 7.90. The molecular weight excluding hydrogens is 452 g/mol. The lowest BCUT2D eigenvalue weighted by molar-refractivity contribution is -0.121. The smallest absolute Gasteiger partial charge is 0.432 e. The maximum absolute atomic E-state index is 13.6. The van der Waals surface area contributed by atoms with Crippen molar-refractivity contribution in [2.75, 3.05) is 32.8 Å². The van der Waals surface area contributed by atoms with Gasteiger partial charge in [0.15, 0.2) is 20.8 Å². The fourth-order valence-electron chi connectivity index (χ4n) is 2.19. The highest BCUT2D eigenvalue weighted by Gasteiger charge is 2.31. The Morgan fingerprint density at radius 2 is 1.79 bits per heavy atom. The number of carbonyl (C=O) groups is 2. The van der Waals surface area contributed by atoms with Crippen molar-refractivity contribution in [3.05, 3.63) is 29.8 Å². The van der Waals surface area contributed by atoms with Crippen LogP contribution in [0.5, 0.6) is 0 Å². The molecule has 8 nitrogen and oxygen atoms in total. The number of ether oxygens (including phenoxy) is 3. The Labute approximate surface area is 178 Å². The van der Waals surface area contributed by atoms with Crippen molar-refractivity contribution in [2.45, 2.75) is 28.8 Å². The fourth-order valence-corrected chi connectivity index (χ4v) is 2.95. The molecular formula is C17H22Cl2FNO7S. The Kier molecular flexibility index (Phi) is 10.7. The SMILES string of the molecule is CCOCCOC(=O)OC(c1ccc(S(C)(=O)=O)cc1)C(CF)NC(=O)C(Cl)Cl. The van der Waals surface area contributed by atoms with Crippen LogP contribution in [0.15, 0.2) is 29.2 Å². The summed E-state index contributed by atoms with van der Waals surface area (Å²) in [6.07, 6.45) is -1.43. The molecule has 0 aliphatic heterocycles. The molecule has 0 saturated carbocycles. The third kappa shape index (κ3) is 8.73. The molecule has 2 unspecified atom stereocenters. The summed E-state index contributed by atoms with van der Waals surface area (Å²) < 4.78 is 51.9. The monoisotopic (exact) mass is 473 g/mol. The van der Waals surface area contributed by atoms with Gasteiger partial charge in [0.05, 0.1) is 17.5 Å². The molecule has 0 aliphatic rings. The third-order valence-corrected chi connectivity index (χ3v) is 5.09. The number of sulfone groups is 1. The van der Waals surface area contributed by atoms with E-state index in [0.717, 1.165) is 6.26 Å². The summed E-state index contributed by atoms with van der Waals surface area (Å²) >= 11 is 10.9. The number of carbonyl (C=O) groups excluding carboxylic acids is 2. The molecule has 1 N–H and O–H groups in total. The Hall–Kier alpha value is -1.62. The van der Waals surface area contributed by atoms with Gasteiger partial charge >= 0.3 is 6.16 Å². The van der Waals surface area contributed by atoms with Crippen molar-refractivity contribution in [3.8, 4) is 0 Å². The summed E-state index contributed by atoms with van der Waals surface area (Å²) in [4.78, 5) is 22.3. The average Bonchev–Trinajstić information content (AvgIpc) is 2.67. The highest BCUT2D eigenvalue weighted by Crippen LogP contribution is 2.25. The second-order valence-corrected chi connectivity index (χ2v) is 8.86. The second-order valence-electron chi connectivity index (χ2n) is 5.75. The van der Waals surface area contributed by atoms with Crippen molar-refractivity contribution < 1.29 is 36.6 Å². The number of hydrogen-bond acceptors (Lipinski definition) is 7. The largest absolute Gasteiger partial charge is 0.509 e. The number of amides is 1. The standard InChI is InChI=1S/C17H22Cl2FNO7S/c1-3-26-8-9-27-17(23)28-14(13(10-20)21-16(22)15(18)19)11-4-6-12(7-5-11)29(2,24)25/h4-7,13-15H,3,8-10H2,1-2H3,(H,21,22). The van der Waals surface area contributed by atoms with Crippen LogP contribution in [0, 0.1) is 0 Å². The van der Waals surface area contributed by atoms with E-state index in [2.05, 4.69) is 5.32 Å². The van der Waals surface area contributed by atoms with E-state index >= 15 is 0 Å². The molecule has 1 rings (SSSR count). The number of hydrogen-bond donors (Lipinski definition) is 1. The van der Waals surface area contributed by atoms with Crippen LogP contribution in [-0.2, 0) is 28.8 Å². The van der Waals surface area contributed by atoms with Crippen LogP contribution in [0.2, 0.25) is 0 Å². The predicted octanol–water partition coefficient (Wildman–Crippen LogP) is 2.58. The first kappa shape index (κ1) is 25.4. The molecule has 1 aromatic carbocycles.